The summed E-state index contributed by atoms with van der Waals surface area (Å²) in [4.78, 5) is 11.6. The summed E-state index contributed by atoms with van der Waals surface area (Å²) in [7, 11) is 0. The lowest BCUT2D eigenvalue weighted by Crippen LogP contribution is -2.45. The monoisotopic (exact) mass is 260 g/mol. The van der Waals surface area contributed by atoms with Crippen LogP contribution >= 0.6 is 0 Å². The minimum Gasteiger partial charge on any atom is -0.378 e. The Bertz CT molecular complexity index is 230. The summed E-state index contributed by atoms with van der Waals surface area (Å²) in [6, 6.07) is 0. The van der Waals surface area contributed by atoms with E-state index in [9.17, 15) is 4.79 Å². The van der Waals surface area contributed by atoms with Gasteiger partial charge in [-0.1, -0.05) is 13.8 Å². The number of ether oxygens (including phenoxy) is 2. The van der Waals surface area contributed by atoms with E-state index in [0.717, 1.165) is 6.42 Å². The Morgan fingerprint density at radius 3 is 2.39 bits per heavy atom. The number of rotatable bonds is 10. The average Bonchev–Trinajstić information content (AvgIpc) is 2.20. The predicted molar refractivity (Wildman–Crippen MR) is 72.4 cm³/mol. The molecule has 0 radical (unpaired) electrons. The van der Waals surface area contributed by atoms with E-state index in [2.05, 4.69) is 19.2 Å². The van der Waals surface area contributed by atoms with Crippen LogP contribution in [0.4, 0.5) is 0 Å². The van der Waals surface area contributed by atoms with E-state index in [1.165, 1.54) is 0 Å². The number of hydrogen-bond donors (Lipinski definition) is 2. The quantitative estimate of drug-likeness (QED) is 0.573. The lowest BCUT2D eigenvalue weighted by atomic mass is 9.93. The SMILES string of the molecule is CC(C)CC(C)(C)NC(=O)COCCOCCN. The smallest absolute Gasteiger partial charge is 0.246 e. The zero-order valence-electron chi connectivity index (χ0n) is 12.1. The van der Waals surface area contributed by atoms with Crippen LogP contribution in [-0.2, 0) is 14.3 Å². The van der Waals surface area contributed by atoms with E-state index < -0.39 is 0 Å². The van der Waals surface area contributed by atoms with Crippen LogP contribution in [0.15, 0.2) is 0 Å². The van der Waals surface area contributed by atoms with E-state index in [-0.39, 0.29) is 18.1 Å². The minimum absolute atomic E-state index is 0.0769. The predicted octanol–water partition coefficient (Wildman–Crippen LogP) is 0.919. The molecule has 0 bridgehead atoms. The van der Waals surface area contributed by atoms with Crippen LogP contribution in [-0.4, -0.2) is 44.4 Å². The van der Waals surface area contributed by atoms with Crippen LogP contribution in [0.2, 0.25) is 0 Å². The van der Waals surface area contributed by atoms with Gasteiger partial charge in [-0.2, -0.15) is 0 Å². The summed E-state index contributed by atoms with van der Waals surface area (Å²) < 4.78 is 10.4. The summed E-state index contributed by atoms with van der Waals surface area (Å²) in [5.41, 5.74) is 5.08. The van der Waals surface area contributed by atoms with Gasteiger partial charge in [0.2, 0.25) is 5.91 Å². The molecule has 0 rings (SSSR count). The molecule has 0 saturated heterocycles. The Morgan fingerprint density at radius 1 is 1.22 bits per heavy atom. The second-order valence-electron chi connectivity index (χ2n) is 5.48. The van der Waals surface area contributed by atoms with E-state index in [1.54, 1.807) is 0 Å². The molecule has 0 aliphatic heterocycles. The number of hydrogen-bond acceptors (Lipinski definition) is 4. The third kappa shape index (κ3) is 10.5. The summed E-state index contributed by atoms with van der Waals surface area (Å²) >= 11 is 0. The number of nitrogens with one attached hydrogen (secondary N) is 1. The van der Waals surface area contributed by atoms with Crippen LogP contribution in [0.3, 0.4) is 0 Å². The molecule has 5 heteroatoms. The number of amides is 1. The normalized spacial score (nSPS) is 11.9. The zero-order chi connectivity index (χ0) is 14.0. The van der Waals surface area contributed by atoms with Gasteiger partial charge < -0.3 is 20.5 Å². The first-order valence-electron chi connectivity index (χ1n) is 6.54. The van der Waals surface area contributed by atoms with Crippen molar-refractivity contribution in [1.29, 1.82) is 0 Å². The first-order chi connectivity index (χ1) is 8.37. The van der Waals surface area contributed by atoms with Gasteiger partial charge >= 0.3 is 0 Å². The van der Waals surface area contributed by atoms with Crippen LogP contribution < -0.4 is 11.1 Å². The highest BCUT2D eigenvalue weighted by atomic mass is 16.5. The maximum absolute atomic E-state index is 11.6. The summed E-state index contributed by atoms with van der Waals surface area (Å²) in [5, 5.41) is 2.96. The van der Waals surface area contributed by atoms with Crippen LogP contribution in [0.5, 0.6) is 0 Å². The lowest BCUT2D eigenvalue weighted by molar-refractivity contribution is -0.128. The Balaban J connectivity index is 3.64. The van der Waals surface area contributed by atoms with Crippen LogP contribution in [0, 0.1) is 5.92 Å². The minimum atomic E-state index is -0.190. The zero-order valence-corrected chi connectivity index (χ0v) is 12.1. The molecular weight excluding hydrogens is 232 g/mol. The van der Waals surface area contributed by atoms with Crippen molar-refractivity contribution in [2.75, 3.05) is 33.0 Å². The molecular formula is C13H28N2O3. The molecule has 0 aromatic carbocycles. The van der Waals surface area contributed by atoms with Crippen molar-refractivity contribution in [2.45, 2.75) is 39.7 Å². The van der Waals surface area contributed by atoms with E-state index in [4.69, 9.17) is 15.2 Å². The summed E-state index contributed by atoms with van der Waals surface area (Å²) in [5.74, 6) is 0.463. The van der Waals surface area contributed by atoms with E-state index in [0.29, 0.717) is 32.3 Å². The fraction of sp³-hybridized carbons (Fsp3) is 0.923. The molecule has 5 nitrogen and oxygen atoms in total. The molecule has 108 valence electrons. The standard InChI is InChI=1S/C13H28N2O3/c1-11(2)9-13(3,4)15-12(16)10-18-8-7-17-6-5-14/h11H,5-10,14H2,1-4H3,(H,15,16). The number of carbonyl (C=O) groups is 1. The van der Waals surface area contributed by atoms with Crippen molar-refractivity contribution in [1.82, 2.24) is 5.32 Å². The number of carbonyl (C=O) groups excluding carboxylic acids is 1. The highest BCUT2D eigenvalue weighted by molar-refractivity contribution is 5.77. The van der Waals surface area contributed by atoms with Gasteiger partial charge in [-0.25, -0.2) is 0 Å². The molecule has 0 unspecified atom stereocenters. The van der Waals surface area contributed by atoms with Crippen molar-refractivity contribution in [2.24, 2.45) is 11.7 Å². The van der Waals surface area contributed by atoms with Crippen LogP contribution in [0.1, 0.15) is 34.1 Å². The molecule has 0 spiro atoms. The van der Waals surface area contributed by atoms with E-state index in [1.807, 2.05) is 13.8 Å². The fourth-order valence-electron chi connectivity index (χ4n) is 1.95. The third-order valence-electron chi connectivity index (χ3n) is 2.26. The van der Waals surface area contributed by atoms with Crippen molar-refractivity contribution in [3.63, 3.8) is 0 Å². The van der Waals surface area contributed by atoms with Crippen LogP contribution in [0.25, 0.3) is 0 Å². The van der Waals surface area contributed by atoms with Gasteiger partial charge in [0.25, 0.3) is 0 Å². The van der Waals surface area contributed by atoms with Crippen molar-refractivity contribution < 1.29 is 14.3 Å². The third-order valence-corrected chi connectivity index (χ3v) is 2.26. The lowest BCUT2D eigenvalue weighted by Gasteiger charge is -2.28. The van der Waals surface area contributed by atoms with Crippen molar-refractivity contribution in [3.8, 4) is 0 Å². The molecule has 0 atom stereocenters. The largest absolute Gasteiger partial charge is 0.378 e. The molecule has 0 saturated carbocycles. The summed E-state index contributed by atoms with van der Waals surface area (Å²) in [6.45, 7) is 10.3. The molecule has 0 aromatic rings. The topological polar surface area (TPSA) is 73.6 Å². The van der Waals surface area contributed by atoms with Crippen molar-refractivity contribution >= 4 is 5.91 Å². The van der Waals surface area contributed by atoms with Gasteiger partial charge in [0.05, 0.1) is 19.8 Å². The van der Waals surface area contributed by atoms with Crippen molar-refractivity contribution in [3.05, 3.63) is 0 Å². The first kappa shape index (κ1) is 17.4. The van der Waals surface area contributed by atoms with Gasteiger partial charge in [0.15, 0.2) is 0 Å². The van der Waals surface area contributed by atoms with Gasteiger partial charge in [-0.15, -0.1) is 0 Å². The van der Waals surface area contributed by atoms with Gasteiger partial charge in [-0.05, 0) is 26.2 Å². The average molecular weight is 260 g/mol. The molecule has 0 aliphatic carbocycles. The second kappa shape index (κ2) is 9.30. The van der Waals surface area contributed by atoms with E-state index >= 15 is 0 Å². The maximum Gasteiger partial charge on any atom is 0.246 e. The van der Waals surface area contributed by atoms with Gasteiger partial charge in [0.1, 0.15) is 6.61 Å². The molecule has 3 N–H and O–H groups in total. The highest BCUT2D eigenvalue weighted by Gasteiger charge is 2.21. The van der Waals surface area contributed by atoms with Gasteiger partial charge in [0, 0.05) is 12.1 Å². The molecule has 0 aliphatic rings. The number of nitrogens with two attached hydrogens (primary N) is 1. The maximum atomic E-state index is 11.6. The Labute approximate surface area is 110 Å². The second-order valence-corrected chi connectivity index (χ2v) is 5.48. The Kier molecular flexibility index (Phi) is 8.97. The molecule has 18 heavy (non-hydrogen) atoms. The molecule has 0 heterocycles. The molecule has 0 fully saturated rings. The Morgan fingerprint density at radius 2 is 1.83 bits per heavy atom. The van der Waals surface area contributed by atoms with Gasteiger partial charge in [-0.3, -0.25) is 4.79 Å². The summed E-state index contributed by atoms with van der Waals surface area (Å²) in [6.07, 6.45) is 0.943. The highest BCUT2D eigenvalue weighted by Crippen LogP contribution is 2.15. The molecule has 0 aromatic heterocycles. The fourth-order valence-corrected chi connectivity index (χ4v) is 1.95. The Hall–Kier alpha value is -0.650. The first-order valence-corrected chi connectivity index (χ1v) is 6.54. The molecule has 1 amide bonds.